The minimum Gasteiger partial charge on any atom is -0.497 e. The Kier molecular flexibility index (Phi) is 5.21. The molecule has 0 bridgehead atoms. The molecule has 0 saturated carbocycles. The second-order valence-corrected chi connectivity index (χ2v) is 6.91. The Morgan fingerprint density at radius 1 is 0.852 bits per heavy atom. The topological polar surface area (TPSA) is 39.9 Å². The summed E-state index contributed by atoms with van der Waals surface area (Å²) in [5.41, 5.74) is 3.25. The summed E-state index contributed by atoms with van der Waals surface area (Å²) in [6.45, 7) is 0. The van der Waals surface area contributed by atoms with E-state index in [4.69, 9.17) is 14.8 Å². The third-order valence-electron chi connectivity index (χ3n) is 4.15. The number of hydrogen-bond acceptors (Lipinski definition) is 4. The molecule has 0 aliphatic rings. The summed E-state index contributed by atoms with van der Waals surface area (Å²) < 4.78 is 7.12. The molecule has 5 heteroatoms. The highest BCUT2D eigenvalue weighted by Gasteiger charge is 2.14. The molecule has 1 aromatic heterocycles. The number of benzene rings is 3. The van der Waals surface area contributed by atoms with Gasteiger partial charge in [0.1, 0.15) is 5.75 Å². The van der Waals surface area contributed by atoms with Crippen LogP contribution in [0.1, 0.15) is 5.56 Å². The fourth-order valence-corrected chi connectivity index (χ4v) is 3.53. The minimum atomic E-state index is 0.758. The molecule has 0 fully saturated rings. The number of aromatic nitrogens is 3. The van der Waals surface area contributed by atoms with Crippen LogP contribution >= 0.6 is 11.8 Å². The maximum absolute atomic E-state index is 5.21. The summed E-state index contributed by atoms with van der Waals surface area (Å²) in [5, 5.41) is 5.51. The molecular formula is C22H19N3OS. The van der Waals surface area contributed by atoms with Crippen molar-refractivity contribution in [3.63, 3.8) is 0 Å². The van der Waals surface area contributed by atoms with Crippen LogP contribution in [0.2, 0.25) is 0 Å². The second kappa shape index (κ2) is 8.10. The van der Waals surface area contributed by atoms with Crippen LogP contribution in [0.3, 0.4) is 0 Å². The zero-order valence-corrected chi connectivity index (χ0v) is 15.8. The molecular weight excluding hydrogens is 354 g/mol. The van der Waals surface area contributed by atoms with Gasteiger partial charge in [-0.05, 0) is 29.8 Å². The molecule has 27 heavy (non-hydrogen) atoms. The van der Waals surface area contributed by atoms with Gasteiger partial charge in [-0.2, -0.15) is 0 Å². The second-order valence-electron chi connectivity index (χ2n) is 5.97. The molecule has 0 aliphatic carbocycles. The van der Waals surface area contributed by atoms with E-state index in [0.29, 0.717) is 0 Å². The zero-order chi connectivity index (χ0) is 18.5. The van der Waals surface area contributed by atoms with Crippen LogP contribution in [-0.4, -0.2) is 21.9 Å². The smallest absolute Gasteiger partial charge is 0.209 e. The van der Waals surface area contributed by atoms with Crippen LogP contribution in [0.25, 0.3) is 17.1 Å². The summed E-state index contributed by atoms with van der Waals surface area (Å²) in [6, 6.07) is 28.3. The van der Waals surface area contributed by atoms with E-state index in [1.54, 1.807) is 18.9 Å². The number of methoxy groups -OCH3 is 1. The van der Waals surface area contributed by atoms with E-state index in [1.165, 1.54) is 5.56 Å². The molecule has 0 unspecified atom stereocenters. The highest BCUT2D eigenvalue weighted by atomic mass is 32.2. The summed E-state index contributed by atoms with van der Waals surface area (Å²) in [6.07, 6.45) is 0. The van der Waals surface area contributed by atoms with E-state index < -0.39 is 0 Å². The number of nitrogens with zero attached hydrogens (tertiary/aromatic N) is 3. The van der Waals surface area contributed by atoms with Crippen molar-refractivity contribution in [1.82, 2.24) is 14.8 Å². The Balaban J connectivity index is 1.62. The summed E-state index contributed by atoms with van der Waals surface area (Å²) in [4.78, 5) is 4.80. The van der Waals surface area contributed by atoms with Gasteiger partial charge < -0.3 is 4.74 Å². The zero-order valence-electron chi connectivity index (χ0n) is 14.9. The first kappa shape index (κ1) is 17.4. The maximum Gasteiger partial charge on any atom is 0.209 e. The molecule has 4 rings (SSSR count). The van der Waals surface area contributed by atoms with Gasteiger partial charge in [-0.15, -0.1) is 5.10 Å². The molecule has 0 radical (unpaired) electrons. The molecule has 3 aromatic carbocycles. The molecule has 4 nitrogen and oxygen atoms in total. The van der Waals surface area contributed by atoms with Crippen molar-refractivity contribution in [2.45, 2.75) is 10.9 Å². The van der Waals surface area contributed by atoms with E-state index in [0.717, 1.165) is 33.7 Å². The van der Waals surface area contributed by atoms with Gasteiger partial charge in [0.2, 0.25) is 5.16 Å². The normalized spacial score (nSPS) is 10.7. The van der Waals surface area contributed by atoms with Crippen LogP contribution < -0.4 is 4.74 Å². The Morgan fingerprint density at radius 3 is 2.19 bits per heavy atom. The number of hydrogen-bond donors (Lipinski definition) is 0. The van der Waals surface area contributed by atoms with Gasteiger partial charge in [0.25, 0.3) is 0 Å². The van der Waals surface area contributed by atoms with Crippen LogP contribution in [0.4, 0.5) is 0 Å². The van der Waals surface area contributed by atoms with Crippen LogP contribution in [0.15, 0.2) is 90.1 Å². The predicted molar refractivity (Wildman–Crippen MR) is 109 cm³/mol. The van der Waals surface area contributed by atoms with E-state index in [-0.39, 0.29) is 0 Å². The van der Waals surface area contributed by atoms with Gasteiger partial charge in [-0.1, -0.05) is 72.4 Å². The Bertz CT molecular complexity index is 942. The lowest BCUT2D eigenvalue weighted by Crippen LogP contribution is -1.99. The number of thioether (sulfide) groups is 1. The van der Waals surface area contributed by atoms with Gasteiger partial charge in [0, 0.05) is 11.3 Å². The lowest BCUT2D eigenvalue weighted by molar-refractivity contribution is 0.414. The predicted octanol–water partition coefficient (Wildman–Crippen LogP) is 5.24. The van der Waals surface area contributed by atoms with Crippen molar-refractivity contribution in [2.75, 3.05) is 7.11 Å². The maximum atomic E-state index is 5.21. The Labute approximate surface area is 162 Å². The third kappa shape index (κ3) is 4.04. The molecule has 134 valence electrons. The van der Waals surface area contributed by atoms with E-state index in [1.807, 2.05) is 65.3 Å². The number of ether oxygens (including phenoxy) is 1. The van der Waals surface area contributed by atoms with E-state index in [9.17, 15) is 0 Å². The number of para-hydroxylation sites is 1. The molecule has 0 spiro atoms. The van der Waals surface area contributed by atoms with Crippen molar-refractivity contribution in [3.8, 4) is 22.8 Å². The average Bonchev–Trinajstić information content (AvgIpc) is 3.18. The molecule has 4 aromatic rings. The fraction of sp³-hybridized carbons (Fsp3) is 0.0909. The summed E-state index contributed by atoms with van der Waals surface area (Å²) in [5.74, 6) is 2.51. The molecule has 0 aliphatic heterocycles. The highest BCUT2D eigenvalue weighted by molar-refractivity contribution is 7.98. The Hall–Kier alpha value is -3.05. The molecule has 0 N–H and O–H groups in total. The van der Waals surface area contributed by atoms with Crippen molar-refractivity contribution < 1.29 is 4.74 Å². The lowest BCUT2D eigenvalue weighted by atomic mass is 10.2. The van der Waals surface area contributed by atoms with Gasteiger partial charge in [-0.3, -0.25) is 0 Å². The van der Waals surface area contributed by atoms with E-state index in [2.05, 4.69) is 24.3 Å². The van der Waals surface area contributed by atoms with Gasteiger partial charge in [0.15, 0.2) is 5.82 Å². The van der Waals surface area contributed by atoms with Crippen molar-refractivity contribution in [1.29, 1.82) is 0 Å². The van der Waals surface area contributed by atoms with Crippen molar-refractivity contribution in [2.24, 2.45) is 0 Å². The van der Waals surface area contributed by atoms with Gasteiger partial charge >= 0.3 is 0 Å². The minimum absolute atomic E-state index is 0.758. The SMILES string of the molecule is COc1ccc(CSc2nc(-c3ccccc3)n(-c3ccccc3)n2)cc1. The standard InChI is InChI=1S/C22H19N3OS/c1-26-20-14-12-17(13-15-20)16-27-22-23-21(18-8-4-2-5-9-18)25(24-22)19-10-6-3-7-11-19/h2-15H,16H2,1H3. The average molecular weight is 373 g/mol. The van der Waals surface area contributed by atoms with Crippen LogP contribution in [0, 0.1) is 0 Å². The summed E-state index contributed by atoms with van der Waals surface area (Å²) in [7, 11) is 1.68. The van der Waals surface area contributed by atoms with Gasteiger partial charge in [0.05, 0.1) is 12.8 Å². The molecule has 0 amide bonds. The Morgan fingerprint density at radius 2 is 1.52 bits per heavy atom. The van der Waals surface area contributed by atoms with Crippen molar-refractivity contribution in [3.05, 3.63) is 90.5 Å². The van der Waals surface area contributed by atoms with Crippen LogP contribution in [0.5, 0.6) is 5.75 Å². The largest absolute Gasteiger partial charge is 0.497 e. The first-order valence-corrected chi connectivity index (χ1v) is 9.66. The van der Waals surface area contributed by atoms with E-state index >= 15 is 0 Å². The van der Waals surface area contributed by atoms with Crippen LogP contribution in [-0.2, 0) is 5.75 Å². The molecule has 1 heterocycles. The molecule has 0 saturated heterocycles. The quantitative estimate of drug-likeness (QED) is 0.434. The summed E-state index contributed by atoms with van der Waals surface area (Å²) >= 11 is 1.63. The fourth-order valence-electron chi connectivity index (χ4n) is 2.75. The first-order chi connectivity index (χ1) is 13.3. The third-order valence-corrected chi connectivity index (χ3v) is 5.06. The monoisotopic (exact) mass is 373 g/mol. The van der Waals surface area contributed by atoms with Crippen molar-refractivity contribution >= 4 is 11.8 Å². The lowest BCUT2D eigenvalue weighted by Gasteiger charge is -2.05. The number of rotatable bonds is 6. The highest BCUT2D eigenvalue weighted by Crippen LogP contribution is 2.27. The first-order valence-electron chi connectivity index (χ1n) is 8.67. The molecule has 0 atom stereocenters. The van der Waals surface area contributed by atoms with Gasteiger partial charge in [-0.25, -0.2) is 9.67 Å².